The number of aryl methyl sites for hydroxylation is 1. The van der Waals surface area contributed by atoms with Crippen molar-refractivity contribution in [3.8, 4) is 0 Å². The Morgan fingerprint density at radius 1 is 1.16 bits per heavy atom. The van der Waals surface area contributed by atoms with E-state index in [0.717, 1.165) is 49.3 Å². The highest BCUT2D eigenvalue weighted by Crippen LogP contribution is 2.40. The number of carbonyl (C=O) groups is 1. The number of anilines is 2. The number of nitrogens with one attached hydrogen (secondary N) is 1. The maximum Gasteiger partial charge on any atom is 0.305 e. The first-order chi connectivity index (χ1) is 13.8. The predicted octanol–water partition coefficient (Wildman–Crippen LogP) is 4.88. The molecule has 180 valence electrons. The molecule has 2 aliphatic rings. The summed E-state index contributed by atoms with van der Waals surface area (Å²) in [5.41, 5.74) is 9.40. The predicted molar refractivity (Wildman–Crippen MR) is 132 cm³/mol. The third kappa shape index (κ3) is 11.3. The van der Waals surface area contributed by atoms with E-state index in [4.69, 9.17) is 15.2 Å². The van der Waals surface area contributed by atoms with Crippen molar-refractivity contribution < 1.29 is 19.0 Å². The molecular weight excluding hydrogens is 439 g/mol. The number of hydrogen-bond acceptors (Lipinski definition) is 6. The molecule has 1 aromatic rings. The van der Waals surface area contributed by atoms with E-state index in [2.05, 4.69) is 30.8 Å². The van der Waals surface area contributed by atoms with Crippen LogP contribution in [0.15, 0.2) is 18.2 Å². The summed E-state index contributed by atoms with van der Waals surface area (Å²) in [6, 6.07) is 6.51. The zero-order valence-corrected chi connectivity index (χ0v) is 20.9. The van der Waals surface area contributed by atoms with Gasteiger partial charge in [0.25, 0.3) is 0 Å². The fourth-order valence-electron chi connectivity index (χ4n) is 4.36. The van der Waals surface area contributed by atoms with Crippen molar-refractivity contribution in [1.82, 2.24) is 0 Å². The number of halogens is 2. The van der Waals surface area contributed by atoms with Gasteiger partial charge in [0.1, 0.15) is 0 Å². The van der Waals surface area contributed by atoms with Crippen LogP contribution in [0.3, 0.4) is 0 Å². The number of benzene rings is 1. The van der Waals surface area contributed by atoms with Crippen LogP contribution in [0.25, 0.3) is 0 Å². The first kappa shape index (κ1) is 29.8. The summed E-state index contributed by atoms with van der Waals surface area (Å²) in [7, 11) is 1.41. The summed E-state index contributed by atoms with van der Waals surface area (Å²) in [5, 5.41) is 3.62. The molecule has 8 heteroatoms. The molecule has 1 saturated heterocycles. The van der Waals surface area contributed by atoms with Gasteiger partial charge in [-0.1, -0.05) is 26.8 Å². The Morgan fingerprint density at radius 3 is 2.26 bits per heavy atom. The minimum absolute atomic E-state index is 0. The summed E-state index contributed by atoms with van der Waals surface area (Å²) in [6.45, 7) is 10.1. The molecule has 1 heterocycles. The largest absolute Gasteiger partial charge is 0.469 e. The normalized spacial score (nSPS) is 21.9. The number of ether oxygens (including phenoxy) is 3. The topological polar surface area (TPSA) is 82.8 Å². The number of nitrogen functional groups attached to an aromatic ring is 1. The molecule has 0 radical (unpaired) electrons. The van der Waals surface area contributed by atoms with Gasteiger partial charge >= 0.3 is 5.97 Å². The second-order valence-electron chi connectivity index (χ2n) is 8.98. The highest BCUT2D eigenvalue weighted by molar-refractivity contribution is 5.85. The van der Waals surface area contributed by atoms with Crippen molar-refractivity contribution >= 4 is 42.2 Å². The molecule has 1 aromatic carbocycles. The number of methoxy groups -OCH3 is 1. The third-order valence-electron chi connectivity index (χ3n) is 5.45. The smallest absolute Gasteiger partial charge is 0.305 e. The second-order valence-corrected chi connectivity index (χ2v) is 8.98. The number of carbonyl (C=O) groups excluding carboxylic acids is 1. The van der Waals surface area contributed by atoms with Gasteiger partial charge < -0.3 is 25.3 Å². The van der Waals surface area contributed by atoms with Gasteiger partial charge in [-0.05, 0) is 54.7 Å². The Balaban J connectivity index is 0.000000972. The molecule has 1 aliphatic heterocycles. The Morgan fingerprint density at radius 2 is 1.77 bits per heavy atom. The quantitative estimate of drug-likeness (QED) is 0.463. The lowest BCUT2D eigenvalue weighted by Gasteiger charge is -2.39. The molecule has 31 heavy (non-hydrogen) atoms. The minimum Gasteiger partial charge on any atom is -0.469 e. The van der Waals surface area contributed by atoms with Crippen LogP contribution < -0.4 is 11.1 Å². The van der Waals surface area contributed by atoms with E-state index in [1.807, 2.05) is 18.2 Å². The van der Waals surface area contributed by atoms with E-state index in [0.29, 0.717) is 24.3 Å². The van der Waals surface area contributed by atoms with E-state index in [1.54, 1.807) is 0 Å². The van der Waals surface area contributed by atoms with E-state index in [1.165, 1.54) is 26.4 Å². The molecular formula is C23H40Cl2N2O4. The molecule has 1 saturated carbocycles. The number of esters is 1. The minimum atomic E-state index is -0.191. The summed E-state index contributed by atoms with van der Waals surface area (Å²) in [6.07, 6.45) is 4.68. The van der Waals surface area contributed by atoms with Crippen LogP contribution in [0.2, 0.25) is 0 Å². The van der Waals surface area contributed by atoms with Crippen molar-refractivity contribution in [2.45, 2.75) is 58.9 Å². The van der Waals surface area contributed by atoms with Crippen molar-refractivity contribution in [1.29, 1.82) is 0 Å². The highest BCUT2D eigenvalue weighted by atomic mass is 35.5. The van der Waals surface area contributed by atoms with Crippen LogP contribution in [0, 0.1) is 11.3 Å². The van der Waals surface area contributed by atoms with E-state index < -0.39 is 0 Å². The van der Waals surface area contributed by atoms with Gasteiger partial charge in [-0.3, -0.25) is 4.79 Å². The fourth-order valence-corrected chi connectivity index (χ4v) is 4.36. The average molecular weight is 479 g/mol. The van der Waals surface area contributed by atoms with Crippen molar-refractivity contribution in [2.75, 3.05) is 44.6 Å². The van der Waals surface area contributed by atoms with Gasteiger partial charge in [-0.15, -0.1) is 24.8 Å². The Hall–Kier alpha value is -1.21. The van der Waals surface area contributed by atoms with Crippen LogP contribution in [0.1, 0.15) is 52.0 Å². The second kappa shape index (κ2) is 14.8. The van der Waals surface area contributed by atoms with Crippen LogP contribution in [0.5, 0.6) is 0 Å². The monoisotopic (exact) mass is 478 g/mol. The number of nitrogens with two attached hydrogens (primary N) is 1. The molecule has 0 amide bonds. The molecule has 0 bridgehead atoms. The Kier molecular flexibility index (Phi) is 14.2. The van der Waals surface area contributed by atoms with E-state index in [9.17, 15) is 4.79 Å². The maximum absolute atomic E-state index is 11.2. The lowest BCUT2D eigenvalue weighted by molar-refractivity contribution is -0.140. The molecule has 3 rings (SSSR count). The first-order valence-electron chi connectivity index (χ1n) is 10.7. The van der Waals surface area contributed by atoms with E-state index in [-0.39, 0.29) is 30.8 Å². The van der Waals surface area contributed by atoms with Crippen LogP contribution in [0.4, 0.5) is 11.4 Å². The average Bonchev–Trinajstić information content (AvgIpc) is 2.68. The molecule has 1 aliphatic carbocycles. The standard InChI is InChI=1S/C19H30N2O2.C4H8O2.2ClH/c1-13-9-15(12-19(2,3)11-13)21-17-7-5-14(10-16(17)20)6-8-18(22)23-4;1-2-6-4-3-5-1;;/h5,7,10,13,15,21H,6,8-9,11-12,20H2,1-4H3;1-4H2;2*1H/t13-,15+;;;/m0.../s1. The first-order valence-corrected chi connectivity index (χ1v) is 10.7. The molecule has 0 aromatic heterocycles. The van der Waals surface area contributed by atoms with Gasteiger partial charge in [-0.25, -0.2) is 0 Å². The molecule has 2 atom stereocenters. The lowest BCUT2D eigenvalue weighted by Crippen LogP contribution is -2.35. The zero-order chi connectivity index (χ0) is 21.3. The molecule has 0 unspecified atom stereocenters. The number of rotatable bonds is 5. The summed E-state index contributed by atoms with van der Waals surface area (Å²) in [5.74, 6) is 0.543. The summed E-state index contributed by atoms with van der Waals surface area (Å²) in [4.78, 5) is 11.2. The Bertz CT molecular complexity index is 643. The molecule has 0 spiro atoms. The third-order valence-corrected chi connectivity index (χ3v) is 5.45. The lowest BCUT2D eigenvalue weighted by atomic mass is 9.70. The SMILES string of the molecule is C1COCCO1.COC(=O)CCc1ccc(N[C@@H]2C[C@H](C)CC(C)(C)C2)c(N)c1.Cl.Cl. The molecule has 2 fully saturated rings. The van der Waals surface area contributed by atoms with E-state index >= 15 is 0 Å². The van der Waals surface area contributed by atoms with Gasteiger partial charge in [0.15, 0.2) is 0 Å². The molecule has 3 N–H and O–H groups in total. The summed E-state index contributed by atoms with van der Waals surface area (Å²) >= 11 is 0. The number of hydrogen-bond donors (Lipinski definition) is 2. The zero-order valence-electron chi connectivity index (χ0n) is 19.3. The van der Waals surface area contributed by atoms with Crippen LogP contribution >= 0.6 is 24.8 Å². The molecule has 6 nitrogen and oxygen atoms in total. The van der Waals surface area contributed by atoms with Gasteiger partial charge in [0.2, 0.25) is 0 Å². The van der Waals surface area contributed by atoms with Crippen LogP contribution in [-0.4, -0.2) is 45.5 Å². The fraction of sp³-hybridized carbons (Fsp3) is 0.696. The van der Waals surface area contributed by atoms with Crippen LogP contribution in [-0.2, 0) is 25.4 Å². The van der Waals surface area contributed by atoms with Crippen molar-refractivity contribution in [2.24, 2.45) is 11.3 Å². The highest BCUT2D eigenvalue weighted by Gasteiger charge is 2.32. The van der Waals surface area contributed by atoms with Crippen molar-refractivity contribution in [3.05, 3.63) is 23.8 Å². The van der Waals surface area contributed by atoms with Crippen molar-refractivity contribution in [3.63, 3.8) is 0 Å². The van der Waals surface area contributed by atoms with Gasteiger partial charge in [-0.2, -0.15) is 0 Å². The summed E-state index contributed by atoms with van der Waals surface area (Å²) < 4.78 is 14.6. The van der Waals surface area contributed by atoms with Gasteiger partial charge in [0, 0.05) is 12.5 Å². The maximum atomic E-state index is 11.2. The Labute approximate surface area is 199 Å². The van der Waals surface area contributed by atoms with Gasteiger partial charge in [0.05, 0.1) is 44.9 Å².